The summed E-state index contributed by atoms with van der Waals surface area (Å²) in [5, 5.41) is 8.68. The molecule has 0 aliphatic heterocycles. The molecule has 26 heavy (non-hydrogen) atoms. The van der Waals surface area contributed by atoms with E-state index < -0.39 is 0 Å². The molecule has 2 aromatic rings. The predicted molar refractivity (Wildman–Crippen MR) is 107 cm³/mol. The molecule has 1 aliphatic rings. The van der Waals surface area contributed by atoms with Crippen LogP contribution in [0.3, 0.4) is 0 Å². The zero-order valence-corrected chi connectivity index (χ0v) is 14.3. The van der Waals surface area contributed by atoms with E-state index in [9.17, 15) is 0 Å². The minimum atomic E-state index is 0. The van der Waals surface area contributed by atoms with E-state index in [2.05, 4.69) is 35.7 Å². The highest BCUT2D eigenvalue weighted by Gasteiger charge is 2.27. The van der Waals surface area contributed by atoms with E-state index in [1.165, 1.54) is 22.3 Å². The predicted octanol–water partition coefficient (Wildman–Crippen LogP) is 4.29. The van der Waals surface area contributed by atoms with Gasteiger partial charge in [-0.15, -0.1) is 6.58 Å². The van der Waals surface area contributed by atoms with E-state index in [0.29, 0.717) is 33.2 Å². The molecule has 0 spiro atoms. The molecule has 0 bridgehead atoms. The molecule has 0 saturated heterocycles. The van der Waals surface area contributed by atoms with Crippen molar-refractivity contribution in [2.45, 2.75) is 13.3 Å². The van der Waals surface area contributed by atoms with Crippen LogP contribution in [0.15, 0.2) is 61.2 Å². The molecule has 5 nitrogen and oxygen atoms in total. The van der Waals surface area contributed by atoms with Gasteiger partial charge in [-0.3, -0.25) is 5.26 Å². The Morgan fingerprint density at radius 2 is 1.62 bits per heavy atom. The number of ether oxygens (including phenoxy) is 2. The molecule has 0 heterocycles. The number of fused-ring (bicyclic) bond motifs is 3. The van der Waals surface area contributed by atoms with E-state index in [1.54, 1.807) is 6.08 Å². The number of rotatable bonds is 8. The quantitative estimate of drug-likeness (QED) is 0.241. The Morgan fingerprint density at radius 3 is 2.12 bits per heavy atom. The van der Waals surface area contributed by atoms with Crippen LogP contribution in [-0.2, 0) is 14.4 Å². The lowest BCUT2D eigenvalue weighted by molar-refractivity contribution is -0.243. The monoisotopic (exact) mass is 361 g/mol. The second-order valence-corrected chi connectivity index (χ2v) is 5.50. The van der Waals surface area contributed by atoms with Crippen molar-refractivity contribution in [2.24, 2.45) is 5.73 Å². The zero-order chi connectivity index (χ0) is 17.9. The topological polar surface area (TPSA) is 73.9 Å². The Bertz CT molecular complexity index is 621. The van der Waals surface area contributed by atoms with Gasteiger partial charge in [0, 0.05) is 13.9 Å². The summed E-state index contributed by atoms with van der Waals surface area (Å²) in [5.41, 5.74) is 10.1. The summed E-state index contributed by atoms with van der Waals surface area (Å²) < 4.78 is 9.78. The average molecular weight is 361 g/mol. The maximum absolute atomic E-state index is 8.68. The smallest absolute Gasteiger partial charge is 0.147 e. The van der Waals surface area contributed by atoms with Crippen LogP contribution in [0.25, 0.3) is 11.1 Å². The lowest BCUT2D eigenvalue weighted by Crippen LogP contribution is -2.10. The maximum Gasteiger partial charge on any atom is 0.147 e. The number of nitrogens with two attached hydrogens (primary N) is 1. The Kier molecular flexibility index (Phi) is 10.5. The lowest BCUT2D eigenvalue weighted by atomic mass is 9.98. The largest absolute Gasteiger partial charge is 0.354 e. The molecule has 5 heteroatoms. The molecule has 144 valence electrons. The average Bonchev–Trinajstić information content (AvgIpc) is 2.97. The van der Waals surface area contributed by atoms with E-state index in [-0.39, 0.29) is 14.8 Å². The summed E-state index contributed by atoms with van der Waals surface area (Å²) in [6.45, 7) is 5.72. The minimum absolute atomic E-state index is 0. The van der Waals surface area contributed by atoms with E-state index in [1.807, 2.05) is 24.3 Å². The molecular weight excluding hydrogens is 330 g/mol. The maximum atomic E-state index is 8.68. The fourth-order valence-corrected chi connectivity index (χ4v) is 2.85. The Labute approximate surface area is 157 Å². The van der Waals surface area contributed by atoms with Gasteiger partial charge in [-0.1, -0.05) is 62.0 Å². The summed E-state index contributed by atoms with van der Waals surface area (Å²) in [7, 11) is 0. The summed E-state index contributed by atoms with van der Waals surface area (Å²) >= 11 is 0. The molecule has 0 saturated carbocycles. The van der Waals surface area contributed by atoms with Crippen molar-refractivity contribution in [3.05, 3.63) is 72.3 Å². The molecule has 1 aliphatic carbocycles. The van der Waals surface area contributed by atoms with Crippen molar-refractivity contribution in [3.8, 4) is 11.1 Å². The summed E-state index contributed by atoms with van der Waals surface area (Å²) in [6.07, 6.45) is 1.67. The van der Waals surface area contributed by atoms with Gasteiger partial charge in [-0.05, 0) is 22.3 Å². The van der Waals surface area contributed by atoms with E-state index in [0.717, 1.165) is 0 Å². The van der Waals surface area contributed by atoms with Gasteiger partial charge in [0.2, 0.25) is 0 Å². The van der Waals surface area contributed by atoms with Crippen LogP contribution in [0.2, 0.25) is 0 Å². The first kappa shape index (κ1) is 22.0. The van der Waals surface area contributed by atoms with Crippen LogP contribution in [-0.4, -0.2) is 38.4 Å². The molecule has 3 rings (SSSR count). The lowest BCUT2D eigenvalue weighted by Gasteiger charge is -2.10. The van der Waals surface area contributed by atoms with Crippen molar-refractivity contribution in [2.75, 3.05) is 33.2 Å². The summed E-state index contributed by atoms with van der Waals surface area (Å²) in [5.74, 6) is 0.150. The number of benzene rings is 2. The van der Waals surface area contributed by atoms with Crippen molar-refractivity contribution < 1.29 is 21.0 Å². The fourth-order valence-electron chi connectivity index (χ4n) is 2.85. The van der Waals surface area contributed by atoms with Crippen LogP contribution in [0, 0.1) is 0 Å². The first-order chi connectivity index (χ1) is 12.3. The van der Waals surface area contributed by atoms with Gasteiger partial charge in [0.25, 0.3) is 0 Å². The zero-order valence-electron chi connectivity index (χ0n) is 14.3. The number of hydrogen-bond acceptors (Lipinski definition) is 5. The van der Waals surface area contributed by atoms with Crippen molar-refractivity contribution in [1.82, 2.24) is 0 Å². The molecule has 0 atom stereocenters. The summed E-state index contributed by atoms with van der Waals surface area (Å²) in [6, 6.07) is 16.6. The van der Waals surface area contributed by atoms with Crippen LogP contribution >= 0.6 is 0 Å². The van der Waals surface area contributed by atoms with Crippen LogP contribution in [0.4, 0.5) is 0 Å². The normalized spacial score (nSPS) is 11.6. The molecule has 0 fully saturated rings. The fraction of sp³-hybridized carbons (Fsp3) is 0.333. The van der Waals surface area contributed by atoms with Crippen LogP contribution < -0.4 is 5.73 Å². The first-order valence-electron chi connectivity index (χ1n) is 8.24. The highest BCUT2D eigenvalue weighted by Crippen LogP contribution is 2.44. The van der Waals surface area contributed by atoms with Gasteiger partial charge in [-0.2, -0.15) is 0 Å². The third-order valence-electron chi connectivity index (χ3n) is 3.87. The minimum Gasteiger partial charge on any atom is -0.354 e. The first-order valence-corrected chi connectivity index (χ1v) is 8.24. The molecular formula is C21H31NO4. The second-order valence-electron chi connectivity index (χ2n) is 5.50. The second kappa shape index (κ2) is 12.4. The molecule has 0 unspecified atom stereocenters. The van der Waals surface area contributed by atoms with Gasteiger partial charge in [0.1, 0.15) is 6.79 Å². The standard InChI is InChI=1S/C14H12O2.C6H13NO2.CH4.H2/c15-16-9-14-12-7-3-1-5-10(12)11-6-2-4-8-13(11)14;1-2-4-8-6-9-5-3-7;;/h1-8,14-15H,9H2;2H,1,3-7H2;1H4;1H. The SMILES string of the molecule is C.C=CCOCOCCN.OOCC1c2ccccc2-c2ccccc21.[HH]. The highest BCUT2D eigenvalue weighted by atomic mass is 17.1. The van der Waals surface area contributed by atoms with Crippen LogP contribution in [0.5, 0.6) is 0 Å². The van der Waals surface area contributed by atoms with Crippen molar-refractivity contribution in [1.29, 1.82) is 0 Å². The number of hydrogen-bond donors (Lipinski definition) is 2. The van der Waals surface area contributed by atoms with Crippen molar-refractivity contribution in [3.63, 3.8) is 0 Å². The molecule has 2 aromatic carbocycles. The third kappa shape index (κ3) is 5.76. The van der Waals surface area contributed by atoms with Gasteiger partial charge < -0.3 is 15.2 Å². The molecule has 0 radical (unpaired) electrons. The van der Waals surface area contributed by atoms with E-state index in [4.69, 9.17) is 20.5 Å². The van der Waals surface area contributed by atoms with Gasteiger partial charge in [0.05, 0.1) is 19.8 Å². The Balaban J connectivity index is 0.000000541. The highest BCUT2D eigenvalue weighted by molar-refractivity contribution is 5.78. The van der Waals surface area contributed by atoms with E-state index >= 15 is 0 Å². The molecule has 0 aromatic heterocycles. The summed E-state index contributed by atoms with van der Waals surface area (Å²) in [4.78, 5) is 4.34. The Morgan fingerprint density at radius 1 is 1.04 bits per heavy atom. The van der Waals surface area contributed by atoms with Gasteiger partial charge in [-0.25, -0.2) is 4.89 Å². The van der Waals surface area contributed by atoms with Gasteiger partial charge in [0.15, 0.2) is 0 Å². The third-order valence-corrected chi connectivity index (χ3v) is 3.87. The Hall–Kier alpha value is -2.02. The molecule has 0 amide bonds. The van der Waals surface area contributed by atoms with Crippen molar-refractivity contribution >= 4 is 0 Å². The van der Waals surface area contributed by atoms with Gasteiger partial charge >= 0.3 is 0 Å². The van der Waals surface area contributed by atoms with Crippen LogP contribution in [0.1, 0.15) is 25.9 Å². The molecule has 3 N–H and O–H groups in total.